The molecule has 0 spiro atoms. The van der Waals surface area contributed by atoms with Crippen LogP contribution in [0, 0.1) is 13.8 Å². The van der Waals surface area contributed by atoms with Crippen LogP contribution in [0.25, 0.3) is 11.1 Å². The van der Waals surface area contributed by atoms with Crippen LogP contribution in [-0.4, -0.2) is 18.0 Å². The second kappa shape index (κ2) is 8.13. The summed E-state index contributed by atoms with van der Waals surface area (Å²) in [5, 5.41) is 2.97. The Kier molecular flexibility index (Phi) is 5.64. The monoisotopic (exact) mass is 375 g/mol. The van der Waals surface area contributed by atoms with Gasteiger partial charge in [0.15, 0.2) is 0 Å². The number of hydrogen-bond donors (Lipinski definition) is 2. The van der Waals surface area contributed by atoms with Gasteiger partial charge in [0.1, 0.15) is 11.4 Å². The van der Waals surface area contributed by atoms with Crippen molar-refractivity contribution in [2.24, 2.45) is 0 Å². The van der Waals surface area contributed by atoms with Gasteiger partial charge in [-0.3, -0.25) is 9.78 Å². The maximum absolute atomic E-state index is 12.8. The van der Waals surface area contributed by atoms with E-state index in [0.29, 0.717) is 11.4 Å². The van der Waals surface area contributed by atoms with Gasteiger partial charge in [0, 0.05) is 29.2 Å². The largest absolute Gasteiger partial charge is 0.496 e. The molecule has 1 aromatic heterocycles. The van der Waals surface area contributed by atoms with Crippen LogP contribution in [0.2, 0.25) is 0 Å². The van der Waals surface area contributed by atoms with Crippen molar-refractivity contribution in [3.63, 3.8) is 0 Å². The minimum absolute atomic E-state index is 0.273. The number of methoxy groups -OCH3 is 1. The number of anilines is 2. The Labute approximate surface area is 165 Å². The molecule has 0 aliphatic carbocycles. The lowest BCUT2D eigenvalue weighted by molar-refractivity contribution is 0.102. The minimum Gasteiger partial charge on any atom is -0.496 e. The van der Waals surface area contributed by atoms with Gasteiger partial charge in [-0.15, -0.1) is 0 Å². The van der Waals surface area contributed by atoms with Gasteiger partial charge in [0.25, 0.3) is 5.91 Å². The van der Waals surface area contributed by atoms with Crippen molar-refractivity contribution in [3.8, 4) is 16.9 Å². The zero-order valence-corrected chi connectivity index (χ0v) is 16.7. The van der Waals surface area contributed by atoms with Crippen molar-refractivity contribution < 1.29 is 9.53 Å². The molecule has 0 saturated carbocycles. The first kappa shape index (κ1) is 19.4. The summed E-state index contributed by atoms with van der Waals surface area (Å²) in [5.41, 5.74) is 12.9. The van der Waals surface area contributed by atoms with Gasteiger partial charge in [0.2, 0.25) is 0 Å². The molecule has 1 amide bonds. The molecule has 0 aliphatic heterocycles. The molecule has 5 heteroatoms. The van der Waals surface area contributed by atoms with Gasteiger partial charge in [-0.1, -0.05) is 31.2 Å². The summed E-state index contributed by atoms with van der Waals surface area (Å²) in [6.45, 7) is 6.01. The molecular formula is C23H25N3O2. The molecule has 0 fully saturated rings. The number of nitrogens with two attached hydrogens (primary N) is 1. The van der Waals surface area contributed by atoms with Gasteiger partial charge in [-0.2, -0.15) is 0 Å². The van der Waals surface area contributed by atoms with Crippen LogP contribution in [0.4, 0.5) is 11.4 Å². The first-order valence-corrected chi connectivity index (χ1v) is 9.25. The predicted molar refractivity (Wildman–Crippen MR) is 114 cm³/mol. The van der Waals surface area contributed by atoms with Gasteiger partial charge in [-0.05, 0) is 54.7 Å². The number of nitrogens with one attached hydrogen (secondary N) is 1. The third-order valence-corrected chi connectivity index (χ3v) is 5.03. The van der Waals surface area contributed by atoms with Crippen LogP contribution in [-0.2, 0) is 6.42 Å². The fourth-order valence-corrected chi connectivity index (χ4v) is 3.24. The van der Waals surface area contributed by atoms with Gasteiger partial charge in [-0.25, -0.2) is 0 Å². The third kappa shape index (κ3) is 3.69. The Bertz CT molecular complexity index is 1030. The van der Waals surface area contributed by atoms with Crippen LogP contribution in [0.1, 0.15) is 34.1 Å². The lowest BCUT2D eigenvalue weighted by atomic mass is 9.95. The maximum atomic E-state index is 12.8. The van der Waals surface area contributed by atoms with Crippen LogP contribution in [0.5, 0.6) is 5.75 Å². The van der Waals surface area contributed by atoms with Gasteiger partial charge in [0.05, 0.1) is 7.11 Å². The van der Waals surface area contributed by atoms with Crippen molar-refractivity contribution in [1.82, 2.24) is 4.98 Å². The molecular weight excluding hydrogens is 350 g/mol. The van der Waals surface area contributed by atoms with Crippen molar-refractivity contribution in [3.05, 3.63) is 71.0 Å². The SMILES string of the molecule is CCc1cnc(C(=O)Nc2cccc(-c3cccc(N)c3C)c2C)cc1OC. The van der Waals surface area contributed by atoms with Crippen molar-refractivity contribution >= 4 is 17.3 Å². The van der Waals surface area contributed by atoms with E-state index >= 15 is 0 Å². The molecule has 144 valence electrons. The average molecular weight is 375 g/mol. The normalized spacial score (nSPS) is 10.6. The van der Waals surface area contributed by atoms with E-state index in [0.717, 1.165) is 45.6 Å². The summed E-state index contributed by atoms with van der Waals surface area (Å²) in [7, 11) is 1.59. The second-order valence-electron chi connectivity index (χ2n) is 6.69. The van der Waals surface area contributed by atoms with E-state index in [1.165, 1.54) is 0 Å². The van der Waals surface area contributed by atoms with Crippen molar-refractivity contribution in [2.45, 2.75) is 27.2 Å². The number of carbonyl (C=O) groups is 1. The molecule has 28 heavy (non-hydrogen) atoms. The van der Waals surface area contributed by atoms with E-state index in [1.54, 1.807) is 19.4 Å². The second-order valence-corrected chi connectivity index (χ2v) is 6.69. The fraction of sp³-hybridized carbons (Fsp3) is 0.217. The molecule has 0 atom stereocenters. The Morgan fingerprint density at radius 1 is 1.11 bits per heavy atom. The highest BCUT2D eigenvalue weighted by Crippen LogP contribution is 2.33. The Morgan fingerprint density at radius 2 is 1.79 bits per heavy atom. The zero-order chi connectivity index (χ0) is 20.3. The van der Waals surface area contributed by atoms with Crippen LogP contribution < -0.4 is 15.8 Å². The number of hydrogen-bond acceptors (Lipinski definition) is 4. The number of ether oxygens (including phenoxy) is 1. The smallest absolute Gasteiger partial charge is 0.274 e. The van der Waals surface area contributed by atoms with E-state index in [-0.39, 0.29) is 5.91 Å². The number of aromatic nitrogens is 1. The van der Waals surface area contributed by atoms with E-state index < -0.39 is 0 Å². The molecule has 0 radical (unpaired) electrons. The summed E-state index contributed by atoms with van der Waals surface area (Å²) in [5.74, 6) is 0.397. The van der Waals surface area contributed by atoms with Crippen molar-refractivity contribution in [1.29, 1.82) is 0 Å². The highest BCUT2D eigenvalue weighted by molar-refractivity contribution is 6.04. The summed E-state index contributed by atoms with van der Waals surface area (Å²) in [6, 6.07) is 13.4. The number of nitrogens with zero attached hydrogens (tertiary/aromatic N) is 1. The van der Waals surface area contributed by atoms with Crippen LogP contribution >= 0.6 is 0 Å². The maximum Gasteiger partial charge on any atom is 0.274 e. The van der Waals surface area contributed by atoms with E-state index in [2.05, 4.69) is 10.3 Å². The van der Waals surface area contributed by atoms with E-state index in [1.807, 2.05) is 57.2 Å². The number of pyridine rings is 1. The lowest BCUT2D eigenvalue weighted by Crippen LogP contribution is -2.15. The highest BCUT2D eigenvalue weighted by atomic mass is 16.5. The Balaban J connectivity index is 1.93. The standard InChI is InChI=1S/C23H25N3O2/c1-5-16-13-25-21(12-22(16)28-4)23(27)26-20-11-7-9-18(15(20)3)17-8-6-10-19(24)14(17)2/h6-13H,5,24H2,1-4H3,(H,26,27). The molecule has 0 unspecified atom stereocenters. The molecule has 2 aromatic carbocycles. The predicted octanol–water partition coefficient (Wildman–Crippen LogP) is 4.77. The first-order valence-electron chi connectivity index (χ1n) is 9.25. The summed E-state index contributed by atoms with van der Waals surface area (Å²) in [6.07, 6.45) is 2.48. The zero-order valence-electron chi connectivity index (χ0n) is 16.7. The summed E-state index contributed by atoms with van der Waals surface area (Å²) < 4.78 is 5.37. The Hall–Kier alpha value is -3.34. The number of carbonyl (C=O) groups excluding carboxylic acids is 1. The number of nitrogen functional groups attached to an aromatic ring is 1. The summed E-state index contributed by atoms with van der Waals surface area (Å²) >= 11 is 0. The van der Waals surface area contributed by atoms with Crippen LogP contribution in [0.3, 0.4) is 0 Å². The lowest BCUT2D eigenvalue weighted by Gasteiger charge is -2.15. The van der Waals surface area contributed by atoms with E-state index in [4.69, 9.17) is 10.5 Å². The number of aryl methyl sites for hydroxylation is 1. The van der Waals surface area contributed by atoms with Gasteiger partial charge >= 0.3 is 0 Å². The number of amides is 1. The molecule has 1 heterocycles. The molecule has 0 aliphatic rings. The topological polar surface area (TPSA) is 77.2 Å². The van der Waals surface area contributed by atoms with Gasteiger partial charge < -0.3 is 15.8 Å². The molecule has 5 nitrogen and oxygen atoms in total. The fourth-order valence-electron chi connectivity index (χ4n) is 3.24. The Morgan fingerprint density at radius 3 is 2.46 bits per heavy atom. The average Bonchev–Trinajstić information content (AvgIpc) is 2.71. The molecule has 3 N–H and O–H groups in total. The number of rotatable bonds is 5. The highest BCUT2D eigenvalue weighted by Gasteiger charge is 2.15. The molecule has 0 saturated heterocycles. The van der Waals surface area contributed by atoms with E-state index in [9.17, 15) is 4.79 Å². The third-order valence-electron chi connectivity index (χ3n) is 5.03. The molecule has 3 aromatic rings. The molecule has 0 bridgehead atoms. The van der Waals surface area contributed by atoms with Crippen LogP contribution in [0.15, 0.2) is 48.7 Å². The van der Waals surface area contributed by atoms with Crippen molar-refractivity contribution in [2.75, 3.05) is 18.2 Å². The first-order chi connectivity index (χ1) is 13.5. The summed E-state index contributed by atoms with van der Waals surface area (Å²) in [4.78, 5) is 17.0. The quantitative estimate of drug-likeness (QED) is 0.630. The molecule has 3 rings (SSSR count). The minimum atomic E-state index is -0.273. The number of benzene rings is 2.